The number of benzene rings is 4. The predicted molar refractivity (Wildman–Crippen MR) is 226 cm³/mol. The fraction of sp³-hybridized carbons (Fsp3) is 0.400. The van der Waals surface area contributed by atoms with Gasteiger partial charge in [-0.15, -0.1) is 23.3 Å². The number of aliphatic imine (C=N–C) groups is 1. The molecule has 1 saturated carbocycles. The molecule has 1 aliphatic carbocycles. The number of hydrogen-bond acceptors (Lipinski definition) is 4. The zero-order valence-electron chi connectivity index (χ0n) is 35.0. The van der Waals surface area contributed by atoms with Crippen molar-refractivity contribution in [1.82, 2.24) is 9.55 Å². The van der Waals surface area contributed by atoms with Crippen molar-refractivity contribution >= 4 is 27.8 Å². The molecule has 6 heteroatoms. The number of fused-ring (bicyclic) bond motifs is 6. The second-order valence-corrected chi connectivity index (χ2v) is 18.8. The van der Waals surface area contributed by atoms with Crippen molar-refractivity contribution in [2.75, 3.05) is 0 Å². The first-order valence-corrected chi connectivity index (χ1v) is 20.0. The van der Waals surface area contributed by atoms with Crippen LogP contribution in [0, 0.1) is 46.8 Å². The minimum atomic E-state index is -0.335. The van der Waals surface area contributed by atoms with Crippen LogP contribution in [0.3, 0.4) is 0 Å². The predicted octanol–water partition coefficient (Wildman–Crippen LogP) is 12.6. The molecule has 0 saturated heterocycles. The Hall–Kier alpha value is -4.21. The minimum Gasteiger partial charge on any atom is -0.512 e. The topological polar surface area (TPSA) is 48.6 Å². The van der Waals surface area contributed by atoms with Gasteiger partial charge in [0.1, 0.15) is 17.1 Å². The fourth-order valence-electron chi connectivity index (χ4n) is 9.85. The molecule has 5 nitrogen and oxygen atoms in total. The second kappa shape index (κ2) is 12.9. The van der Waals surface area contributed by atoms with Gasteiger partial charge in [-0.2, -0.15) is 6.07 Å². The summed E-state index contributed by atoms with van der Waals surface area (Å²) >= 11 is 0. The number of hydrogen-bond donors (Lipinski definition) is 0. The third-order valence-electron chi connectivity index (χ3n) is 13.2. The van der Waals surface area contributed by atoms with Crippen LogP contribution in [0.1, 0.15) is 124 Å². The van der Waals surface area contributed by atoms with Gasteiger partial charge in [-0.05, 0) is 117 Å². The Balaban J connectivity index is 0.00000441. The van der Waals surface area contributed by atoms with E-state index in [4.69, 9.17) is 19.5 Å². The second-order valence-electron chi connectivity index (χ2n) is 18.8. The summed E-state index contributed by atoms with van der Waals surface area (Å²) in [6.45, 7) is 26.9. The Morgan fingerprint density at radius 2 is 1.52 bits per heavy atom. The van der Waals surface area contributed by atoms with Gasteiger partial charge in [0.05, 0.1) is 11.1 Å². The molecule has 2 atom stereocenters. The van der Waals surface area contributed by atoms with Crippen LogP contribution in [0.5, 0.6) is 11.5 Å². The molecule has 2 aromatic heterocycles. The number of nitrogens with zero attached hydrogens (tertiary/aromatic N) is 3. The van der Waals surface area contributed by atoms with Gasteiger partial charge in [-0.3, -0.25) is 4.99 Å². The molecule has 0 amide bonds. The van der Waals surface area contributed by atoms with Gasteiger partial charge >= 0.3 is 21.1 Å². The van der Waals surface area contributed by atoms with Gasteiger partial charge in [0.25, 0.3) is 0 Å². The van der Waals surface area contributed by atoms with Crippen molar-refractivity contribution in [3.05, 3.63) is 117 Å². The standard InChI is InChI=1S/C50H53N3O2.Pt/c1-28-19-31(4)42(32(5)20-28)33-22-34(46-52-49(11)16-13-14-17-50(49,12)55-46)24-36(23-33)54-41-27-40-38(21-30(41)3)48(9,10)39-26-35(47(6,7)8)25-37-43-29(2)15-18-51-45(43)53(40)44(37)39;/h15,18-23,25-26H,13-14,16-17H2,1-12H3;/q-2;+2/t49-,50+;/m1./s1. The van der Waals surface area contributed by atoms with Gasteiger partial charge in [0.15, 0.2) is 0 Å². The maximum atomic E-state index is 6.98. The molecule has 290 valence electrons. The van der Waals surface area contributed by atoms with E-state index in [-0.39, 0.29) is 43.0 Å². The van der Waals surface area contributed by atoms with E-state index in [1.165, 1.54) is 60.8 Å². The van der Waals surface area contributed by atoms with E-state index in [1.54, 1.807) is 0 Å². The van der Waals surface area contributed by atoms with Crippen molar-refractivity contribution in [3.63, 3.8) is 0 Å². The Labute approximate surface area is 347 Å². The molecule has 2 aliphatic heterocycles. The molecule has 9 rings (SSSR count). The van der Waals surface area contributed by atoms with Crippen LogP contribution in [0.2, 0.25) is 0 Å². The summed E-state index contributed by atoms with van der Waals surface area (Å²) in [6.07, 6.45) is 6.25. The van der Waals surface area contributed by atoms with Crippen LogP contribution >= 0.6 is 0 Å². The van der Waals surface area contributed by atoms with Gasteiger partial charge in [-0.1, -0.05) is 101 Å². The molecule has 0 N–H and O–H groups in total. The van der Waals surface area contributed by atoms with Crippen molar-refractivity contribution in [2.24, 2.45) is 4.99 Å². The summed E-state index contributed by atoms with van der Waals surface area (Å²) in [5.41, 5.74) is 15.1. The van der Waals surface area contributed by atoms with E-state index in [9.17, 15) is 0 Å². The minimum absolute atomic E-state index is 0. The molecule has 3 aliphatic rings. The zero-order chi connectivity index (χ0) is 39.0. The van der Waals surface area contributed by atoms with Crippen molar-refractivity contribution in [3.8, 4) is 28.3 Å². The van der Waals surface area contributed by atoms with Crippen LogP contribution < -0.4 is 4.74 Å². The molecular weight excluding hydrogens is 870 g/mol. The summed E-state index contributed by atoms with van der Waals surface area (Å²) in [6, 6.07) is 25.5. The van der Waals surface area contributed by atoms with Crippen molar-refractivity contribution in [2.45, 2.75) is 131 Å². The average Bonchev–Trinajstić information content (AvgIpc) is 3.59. The van der Waals surface area contributed by atoms with Gasteiger partial charge in [-0.25, -0.2) is 4.98 Å². The van der Waals surface area contributed by atoms with E-state index in [0.717, 1.165) is 53.7 Å². The number of pyridine rings is 1. The molecule has 56 heavy (non-hydrogen) atoms. The number of ether oxygens (including phenoxy) is 2. The van der Waals surface area contributed by atoms with Crippen LogP contribution in [-0.4, -0.2) is 26.6 Å². The molecule has 0 bridgehead atoms. The maximum absolute atomic E-state index is 6.98. The molecule has 4 aromatic carbocycles. The van der Waals surface area contributed by atoms with E-state index in [0.29, 0.717) is 17.4 Å². The molecule has 4 heterocycles. The monoisotopic (exact) mass is 922 g/mol. The van der Waals surface area contributed by atoms with Gasteiger partial charge < -0.3 is 14.0 Å². The van der Waals surface area contributed by atoms with E-state index in [1.807, 2.05) is 6.20 Å². The van der Waals surface area contributed by atoms with Crippen LogP contribution in [-0.2, 0) is 36.6 Å². The summed E-state index contributed by atoms with van der Waals surface area (Å²) < 4.78 is 16.1. The van der Waals surface area contributed by atoms with Crippen LogP contribution in [0.15, 0.2) is 59.7 Å². The van der Waals surface area contributed by atoms with E-state index < -0.39 is 0 Å². The molecule has 0 spiro atoms. The Kier molecular flexibility index (Phi) is 8.90. The van der Waals surface area contributed by atoms with Crippen molar-refractivity contribution in [1.29, 1.82) is 0 Å². The third kappa shape index (κ3) is 5.73. The zero-order valence-corrected chi connectivity index (χ0v) is 37.3. The largest absolute Gasteiger partial charge is 2.00 e. The van der Waals surface area contributed by atoms with Gasteiger partial charge in [0.2, 0.25) is 0 Å². The summed E-state index contributed by atoms with van der Waals surface area (Å²) in [4.78, 5) is 10.3. The molecule has 1 fully saturated rings. The quantitative estimate of drug-likeness (QED) is 0.166. The van der Waals surface area contributed by atoms with E-state index in [2.05, 4.69) is 148 Å². The fourth-order valence-corrected chi connectivity index (χ4v) is 9.85. The Morgan fingerprint density at radius 3 is 2.21 bits per heavy atom. The van der Waals surface area contributed by atoms with Crippen LogP contribution in [0.25, 0.3) is 38.8 Å². The smallest absolute Gasteiger partial charge is 0.512 e. The SMILES string of the molecule is Cc1cc(C)c(-c2cc(Oc3[c-]c4c(cc3C)C(C)(C)c3cc(C(C)(C)C)cc5c6c(C)ccnc6n-4c35)[c-]c(C3=N[C@]4(C)CCCC[C@]4(C)O3)c2)c(C)c1.[Pt+2]. The van der Waals surface area contributed by atoms with E-state index >= 15 is 0 Å². The summed E-state index contributed by atoms with van der Waals surface area (Å²) in [5.74, 6) is 1.94. The summed E-state index contributed by atoms with van der Waals surface area (Å²) in [5, 5.41) is 2.44. The number of rotatable bonds is 4. The van der Waals surface area contributed by atoms with Crippen LogP contribution in [0.4, 0.5) is 0 Å². The number of aromatic nitrogens is 2. The van der Waals surface area contributed by atoms with Crippen molar-refractivity contribution < 1.29 is 30.5 Å². The maximum Gasteiger partial charge on any atom is 2.00 e. The Morgan fingerprint density at radius 1 is 0.804 bits per heavy atom. The molecule has 6 aromatic rings. The molecule has 0 unspecified atom stereocenters. The Bertz CT molecular complexity index is 2640. The van der Waals surface area contributed by atoms with Gasteiger partial charge in [0, 0.05) is 28.5 Å². The molecule has 0 radical (unpaired) electrons. The first kappa shape index (κ1) is 38.7. The average molecular weight is 923 g/mol. The molecular formula is C50H53N3O2Pt. The summed E-state index contributed by atoms with van der Waals surface area (Å²) in [7, 11) is 0. The first-order chi connectivity index (χ1) is 25.9. The first-order valence-electron chi connectivity index (χ1n) is 20.0. The normalized spacial score (nSPS) is 21.0. The number of aryl methyl sites for hydroxylation is 5. The third-order valence-corrected chi connectivity index (χ3v) is 13.2.